The van der Waals surface area contributed by atoms with Crippen molar-refractivity contribution in [3.8, 4) is 5.75 Å². The van der Waals surface area contributed by atoms with Crippen LogP contribution in [0.15, 0.2) is 24.3 Å². The van der Waals surface area contributed by atoms with E-state index in [1.165, 1.54) is 23.9 Å². The number of nitrogens with one attached hydrogen (secondary N) is 3. The molecule has 0 saturated carbocycles. The number of carbonyl (C=O) groups excluding carboxylic acids is 4. The molecule has 4 amide bonds. The number of carboxylic acid groups (broad SMARTS) is 1. The standard InChI is InChI=1S/C24H37N5O7S/c1-4-13(2)20(29-21(32)16(25)11-14-5-7-15(30)8-6-14)23(34)28-18(12-19(26)31)22(33)27-17(24(35)36)9-10-37-3/h5-8,13,16-18,20,30H,4,9-12,25H2,1-3H3,(H2,26,31)(H,27,33)(H,28,34)(H,29,32)(H,35,36). The number of phenols is 1. The molecule has 5 atom stereocenters. The van der Waals surface area contributed by atoms with E-state index < -0.39 is 60.2 Å². The van der Waals surface area contributed by atoms with Gasteiger partial charge in [-0.15, -0.1) is 0 Å². The number of aromatic hydroxyl groups is 1. The lowest BCUT2D eigenvalue weighted by molar-refractivity contribution is -0.142. The molecule has 13 heteroatoms. The number of nitrogens with two attached hydrogens (primary N) is 2. The van der Waals surface area contributed by atoms with Crippen LogP contribution in [0.2, 0.25) is 0 Å². The number of carbonyl (C=O) groups is 5. The van der Waals surface area contributed by atoms with E-state index in [0.717, 1.165) is 0 Å². The smallest absolute Gasteiger partial charge is 0.326 e. The van der Waals surface area contributed by atoms with E-state index >= 15 is 0 Å². The highest BCUT2D eigenvalue weighted by Gasteiger charge is 2.33. The predicted octanol–water partition coefficient (Wildman–Crippen LogP) is -0.524. The summed E-state index contributed by atoms with van der Waals surface area (Å²) in [6, 6.07) is 1.45. The molecule has 0 aromatic heterocycles. The second-order valence-electron chi connectivity index (χ2n) is 8.76. The number of amides is 4. The summed E-state index contributed by atoms with van der Waals surface area (Å²) >= 11 is 1.40. The average Bonchev–Trinajstić information content (AvgIpc) is 2.84. The molecule has 206 valence electrons. The molecule has 0 heterocycles. The van der Waals surface area contributed by atoms with E-state index in [9.17, 15) is 34.2 Å². The number of phenolic OH excluding ortho intramolecular Hbond substituents is 1. The van der Waals surface area contributed by atoms with Gasteiger partial charge in [0.1, 0.15) is 23.9 Å². The first-order valence-electron chi connectivity index (χ1n) is 11.8. The second kappa shape index (κ2) is 15.7. The van der Waals surface area contributed by atoms with Gasteiger partial charge in [0, 0.05) is 0 Å². The van der Waals surface area contributed by atoms with Crippen molar-refractivity contribution in [1.82, 2.24) is 16.0 Å². The molecule has 1 rings (SSSR count). The molecular formula is C24H37N5O7S. The first-order chi connectivity index (χ1) is 17.4. The number of thioether (sulfide) groups is 1. The summed E-state index contributed by atoms with van der Waals surface area (Å²) in [5, 5.41) is 26.2. The van der Waals surface area contributed by atoms with E-state index in [0.29, 0.717) is 17.7 Å². The van der Waals surface area contributed by atoms with E-state index in [2.05, 4.69) is 16.0 Å². The van der Waals surface area contributed by atoms with Crippen molar-refractivity contribution < 1.29 is 34.2 Å². The van der Waals surface area contributed by atoms with Gasteiger partial charge in [-0.2, -0.15) is 11.8 Å². The lowest BCUT2D eigenvalue weighted by Crippen LogP contribution is -2.59. The number of benzene rings is 1. The minimum absolute atomic E-state index is 0.0729. The molecular weight excluding hydrogens is 502 g/mol. The quantitative estimate of drug-likeness (QED) is 0.144. The van der Waals surface area contributed by atoms with Gasteiger partial charge in [0.2, 0.25) is 23.6 Å². The average molecular weight is 540 g/mol. The topological polar surface area (TPSA) is 214 Å². The molecule has 9 N–H and O–H groups in total. The van der Waals surface area contributed by atoms with Crippen LogP contribution in [0.3, 0.4) is 0 Å². The summed E-state index contributed by atoms with van der Waals surface area (Å²) < 4.78 is 0. The highest BCUT2D eigenvalue weighted by atomic mass is 32.2. The fraction of sp³-hybridized carbons (Fsp3) is 0.542. The van der Waals surface area contributed by atoms with Gasteiger partial charge >= 0.3 is 5.97 Å². The molecule has 0 aliphatic rings. The normalized spacial score (nSPS) is 14.9. The molecule has 1 aromatic rings. The number of aliphatic carboxylic acids is 1. The number of hydrogen-bond acceptors (Lipinski definition) is 8. The Hall–Kier alpha value is -3.32. The monoisotopic (exact) mass is 539 g/mol. The number of carboxylic acids is 1. The zero-order valence-corrected chi connectivity index (χ0v) is 22.0. The molecule has 12 nitrogen and oxygen atoms in total. The summed E-state index contributed by atoms with van der Waals surface area (Å²) in [7, 11) is 0. The van der Waals surface area contributed by atoms with E-state index in [-0.39, 0.29) is 24.5 Å². The van der Waals surface area contributed by atoms with Crippen LogP contribution in [0, 0.1) is 5.92 Å². The zero-order valence-electron chi connectivity index (χ0n) is 21.2. The van der Waals surface area contributed by atoms with Crippen LogP contribution >= 0.6 is 11.8 Å². The van der Waals surface area contributed by atoms with E-state index in [1.54, 1.807) is 25.3 Å². The van der Waals surface area contributed by atoms with Gasteiger partial charge in [0.05, 0.1) is 12.5 Å². The Bertz CT molecular complexity index is 944. The lowest BCUT2D eigenvalue weighted by Gasteiger charge is -2.27. The maximum Gasteiger partial charge on any atom is 0.326 e. The molecule has 0 saturated heterocycles. The minimum Gasteiger partial charge on any atom is -0.508 e. The van der Waals surface area contributed by atoms with Crippen molar-refractivity contribution in [3.05, 3.63) is 29.8 Å². The third-order valence-electron chi connectivity index (χ3n) is 5.79. The highest BCUT2D eigenvalue weighted by Crippen LogP contribution is 2.13. The van der Waals surface area contributed by atoms with Gasteiger partial charge in [0.15, 0.2) is 0 Å². The summed E-state index contributed by atoms with van der Waals surface area (Å²) in [5.74, 6) is -4.17. The zero-order chi connectivity index (χ0) is 28.1. The van der Waals surface area contributed by atoms with Gasteiger partial charge in [-0.1, -0.05) is 32.4 Å². The van der Waals surface area contributed by atoms with Crippen molar-refractivity contribution in [2.24, 2.45) is 17.4 Å². The Labute approximate surface area is 220 Å². The van der Waals surface area contributed by atoms with Crippen LogP contribution in [0.5, 0.6) is 5.75 Å². The Morgan fingerprint density at radius 1 is 0.973 bits per heavy atom. The Morgan fingerprint density at radius 3 is 2.08 bits per heavy atom. The fourth-order valence-electron chi connectivity index (χ4n) is 3.38. The fourth-order valence-corrected chi connectivity index (χ4v) is 3.85. The third kappa shape index (κ3) is 11.1. The van der Waals surface area contributed by atoms with Gasteiger partial charge in [-0.05, 0) is 48.5 Å². The largest absolute Gasteiger partial charge is 0.508 e. The van der Waals surface area contributed by atoms with E-state index in [1.807, 2.05) is 6.92 Å². The van der Waals surface area contributed by atoms with Crippen LogP contribution in [0.25, 0.3) is 0 Å². The minimum atomic E-state index is -1.43. The predicted molar refractivity (Wildman–Crippen MR) is 139 cm³/mol. The van der Waals surface area contributed by atoms with Crippen molar-refractivity contribution >= 4 is 41.4 Å². The van der Waals surface area contributed by atoms with Gasteiger partial charge in [-0.25, -0.2) is 4.79 Å². The number of rotatable bonds is 16. The van der Waals surface area contributed by atoms with E-state index in [4.69, 9.17) is 11.5 Å². The molecule has 37 heavy (non-hydrogen) atoms. The van der Waals surface area contributed by atoms with Crippen LogP contribution in [-0.4, -0.2) is 76.0 Å². The van der Waals surface area contributed by atoms with Gasteiger partial charge in [0.25, 0.3) is 0 Å². The number of hydrogen-bond donors (Lipinski definition) is 7. The first kappa shape index (κ1) is 31.7. The number of primary amides is 1. The second-order valence-corrected chi connectivity index (χ2v) is 9.75. The molecule has 5 unspecified atom stereocenters. The third-order valence-corrected chi connectivity index (χ3v) is 6.43. The van der Waals surface area contributed by atoms with Crippen LogP contribution in [-0.2, 0) is 30.4 Å². The summed E-state index contributed by atoms with van der Waals surface area (Å²) in [5.41, 5.74) is 12.0. The van der Waals surface area contributed by atoms with Crippen LogP contribution in [0.1, 0.15) is 38.7 Å². The van der Waals surface area contributed by atoms with Crippen molar-refractivity contribution in [2.75, 3.05) is 12.0 Å². The Kier molecular flexibility index (Phi) is 13.5. The van der Waals surface area contributed by atoms with Crippen molar-refractivity contribution in [1.29, 1.82) is 0 Å². The molecule has 0 fully saturated rings. The van der Waals surface area contributed by atoms with Crippen LogP contribution < -0.4 is 27.4 Å². The molecule has 0 radical (unpaired) electrons. The Morgan fingerprint density at radius 2 is 1.57 bits per heavy atom. The maximum absolute atomic E-state index is 13.1. The SMILES string of the molecule is CCC(C)C(NC(=O)C(N)Cc1ccc(O)cc1)C(=O)NC(CC(N)=O)C(=O)NC(CCSC)C(=O)O. The van der Waals surface area contributed by atoms with Crippen LogP contribution in [0.4, 0.5) is 0 Å². The van der Waals surface area contributed by atoms with Crippen molar-refractivity contribution in [2.45, 2.75) is 63.7 Å². The molecule has 1 aromatic carbocycles. The summed E-state index contributed by atoms with van der Waals surface area (Å²) in [4.78, 5) is 61.8. The molecule has 0 aliphatic carbocycles. The first-order valence-corrected chi connectivity index (χ1v) is 13.2. The molecule has 0 aliphatic heterocycles. The van der Waals surface area contributed by atoms with Crippen molar-refractivity contribution in [3.63, 3.8) is 0 Å². The lowest BCUT2D eigenvalue weighted by atomic mass is 9.96. The Balaban J connectivity index is 2.98. The maximum atomic E-state index is 13.1. The summed E-state index contributed by atoms with van der Waals surface area (Å²) in [6.45, 7) is 3.53. The van der Waals surface area contributed by atoms with Gasteiger partial charge in [-0.3, -0.25) is 19.2 Å². The van der Waals surface area contributed by atoms with Gasteiger partial charge < -0.3 is 37.6 Å². The summed E-state index contributed by atoms with van der Waals surface area (Å²) in [6.07, 6.45) is 2.02. The molecule has 0 bridgehead atoms. The highest BCUT2D eigenvalue weighted by molar-refractivity contribution is 7.98. The molecule has 0 spiro atoms.